The van der Waals surface area contributed by atoms with Crippen LogP contribution in [0.25, 0.3) is 0 Å². The topological polar surface area (TPSA) is 34.1 Å². The Morgan fingerprint density at radius 2 is 1.70 bits per heavy atom. The Labute approximate surface area is 57.0 Å². The summed E-state index contributed by atoms with van der Waals surface area (Å²) in [6.07, 6.45) is -0.0121. The number of halogens is 3. The van der Waals surface area contributed by atoms with Gasteiger partial charge in [0.1, 0.15) is 0 Å². The number of rotatable bonds is 2. The van der Waals surface area contributed by atoms with Crippen molar-refractivity contribution < 1.29 is 21.6 Å². The van der Waals surface area contributed by atoms with E-state index >= 15 is 0 Å². The molecule has 0 fully saturated rings. The Bertz CT molecular complexity index is 191. The first-order chi connectivity index (χ1) is 4.31. The summed E-state index contributed by atoms with van der Waals surface area (Å²) in [5.41, 5.74) is -5.08. The van der Waals surface area contributed by atoms with Crippen molar-refractivity contribution in [3.63, 3.8) is 0 Å². The fourth-order valence-electron chi connectivity index (χ4n) is 0.384. The van der Waals surface area contributed by atoms with Crippen molar-refractivity contribution >= 4 is 9.84 Å². The molecule has 0 unspecified atom stereocenters. The van der Waals surface area contributed by atoms with E-state index in [1.165, 1.54) is 6.92 Å². The molecule has 0 saturated heterocycles. The van der Waals surface area contributed by atoms with Crippen LogP contribution in [0.1, 0.15) is 13.3 Å². The molecule has 2 nitrogen and oxygen atoms in total. The minimum absolute atomic E-state index is 0.0121. The molecule has 0 aliphatic heterocycles. The fraction of sp³-hybridized carbons (Fsp3) is 1.00. The molecular weight excluding hydrogens is 169 g/mol. The number of sulfone groups is 1. The van der Waals surface area contributed by atoms with Crippen molar-refractivity contribution in [1.29, 1.82) is 0 Å². The van der Waals surface area contributed by atoms with E-state index in [-0.39, 0.29) is 6.42 Å². The molecule has 0 bridgehead atoms. The van der Waals surface area contributed by atoms with E-state index < -0.39 is 21.1 Å². The second kappa shape index (κ2) is 2.77. The molecule has 0 radical (unpaired) electrons. The van der Waals surface area contributed by atoms with Gasteiger partial charge in [0, 0.05) is 0 Å². The zero-order valence-corrected chi connectivity index (χ0v) is 6.09. The lowest BCUT2D eigenvalue weighted by atomic mass is 10.6. The van der Waals surface area contributed by atoms with Crippen LogP contribution in [-0.2, 0) is 9.84 Å². The maximum absolute atomic E-state index is 11.4. The van der Waals surface area contributed by atoms with Gasteiger partial charge in [-0.15, -0.1) is 0 Å². The molecule has 10 heavy (non-hydrogen) atoms. The van der Waals surface area contributed by atoms with Gasteiger partial charge in [0.25, 0.3) is 0 Å². The molecule has 0 aliphatic carbocycles. The van der Waals surface area contributed by atoms with Gasteiger partial charge in [0.05, 0.1) is 5.75 Å². The van der Waals surface area contributed by atoms with Gasteiger partial charge in [-0.1, -0.05) is 6.92 Å². The zero-order chi connectivity index (χ0) is 8.41. The molecular formula is C4H7F3O2S. The molecule has 6 heteroatoms. The molecule has 0 aliphatic rings. The van der Waals surface area contributed by atoms with Crippen LogP contribution in [0.2, 0.25) is 0 Å². The normalized spacial score (nSPS) is 13.6. The molecule has 0 atom stereocenters. The molecule has 0 spiro atoms. The molecule has 0 amide bonds. The van der Waals surface area contributed by atoms with Crippen LogP contribution in [-0.4, -0.2) is 19.7 Å². The lowest BCUT2D eigenvalue weighted by molar-refractivity contribution is -0.0435. The Hall–Kier alpha value is -0.260. The van der Waals surface area contributed by atoms with Gasteiger partial charge in [-0.05, 0) is 6.42 Å². The fourth-order valence-corrected chi connectivity index (χ4v) is 1.15. The highest BCUT2D eigenvalue weighted by Gasteiger charge is 2.44. The van der Waals surface area contributed by atoms with Crippen molar-refractivity contribution in [1.82, 2.24) is 0 Å². The van der Waals surface area contributed by atoms with Crippen molar-refractivity contribution in [2.24, 2.45) is 0 Å². The first-order valence-corrected chi connectivity index (χ1v) is 4.25. The first kappa shape index (κ1) is 9.74. The maximum atomic E-state index is 11.4. The van der Waals surface area contributed by atoms with Crippen molar-refractivity contribution in [3.05, 3.63) is 0 Å². The minimum atomic E-state index is -5.08. The Morgan fingerprint density at radius 3 is 1.80 bits per heavy atom. The molecule has 0 aromatic carbocycles. The van der Waals surface area contributed by atoms with E-state index in [0.29, 0.717) is 0 Å². The maximum Gasteiger partial charge on any atom is 0.497 e. The van der Waals surface area contributed by atoms with Crippen LogP contribution in [0.3, 0.4) is 0 Å². The number of hydrogen-bond acceptors (Lipinski definition) is 2. The smallest absolute Gasteiger partial charge is 0.220 e. The lowest BCUT2D eigenvalue weighted by Crippen LogP contribution is -2.25. The average Bonchev–Trinajstić information content (AvgIpc) is 1.61. The molecule has 62 valence electrons. The van der Waals surface area contributed by atoms with Gasteiger partial charge in [0.2, 0.25) is 9.84 Å². The summed E-state index contributed by atoms with van der Waals surface area (Å²) in [6.45, 7) is 1.38. The summed E-state index contributed by atoms with van der Waals surface area (Å²) in [7, 11) is -4.85. The van der Waals surface area contributed by atoms with E-state index in [0.717, 1.165) is 0 Å². The third kappa shape index (κ3) is 2.17. The lowest BCUT2D eigenvalue weighted by Gasteiger charge is -2.04. The Kier molecular flexibility index (Phi) is 2.70. The monoisotopic (exact) mass is 176 g/mol. The minimum Gasteiger partial charge on any atom is -0.220 e. The SMILES string of the molecule is CCCS(=O)(=O)C(F)(F)F. The summed E-state index contributed by atoms with van der Waals surface area (Å²) in [4.78, 5) is 0. The second-order valence-electron chi connectivity index (χ2n) is 1.76. The van der Waals surface area contributed by atoms with Gasteiger partial charge in [-0.25, -0.2) is 8.42 Å². The largest absolute Gasteiger partial charge is 0.497 e. The van der Waals surface area contributed by atoms with Gasteiger partial charge in [-0.3, -0.25) is 0 Å². The molecule has 0 aromatic heterocycles. The van der Waals surface area contributed by atoms with Crippen LogP contribution < -0.4 is 0 Å². The summed E-state index contributed by atoms with van der Waals surface area (Å²) in [6, 6.07) is 0. The van der Waals surface area contributed by atoms with Crippen LogP contribution in [0.4, 0.5) is 13.2 Å². The quantitative estimate of drug-likeness (QED) is 0.636. The van der Waals surface area contributed by atoms with E-state index in [9.17, 15) is 21.6 Å². The highest BCUT2D eigenvalue weighted by molar-refractivity contribution is 7.92. The molecule has 0 aromatic rings. The van der Waals surface area contributed by atoms with Crippen LogP contribution in [0.15, 0.2) is 0 Å². The van der Waals surface area contributed by atoms with Crippen molar-refractivity contribution in [2.75, 3.05) is 5.75 Å². The van der Waals surface area contributed by atoms with Crippen LogP contribution >= 0.6 is 0 Å². The third-order valence-corrected chi connectivity index (χ3v) is 2.48. The van der Waals surface area contributed by atoms with E-state index in [2.05, 4.69) is 0 Å². The summed E-state index contributed by atoms with van der Waals surface area (Å²) >= 11 is 0. The van der Waals surface area contributed by atoms with Gasteiger partial charge in [-0.2, -0.15) is 13.2 Å². The van der Waals surface area contributed by atoms with Crippen molar-refractivity contribution in [2.45, 2.75) is 18.9 Å². The van der Waals surface area contributed by atoms with Crippen molar-refractivity contribution in [3.8, 4) is 0 Å². The van der Waals surface area contributed by atoms with Gasteiger partial charge < -0.3 is 0 Å². The molecule has 0 heterocycles. The highest BCUT2D eigenvalue weighted by atomic mass is 32.2. The Morgan fingerprint density at radius 1 is 1.30 bits per heavy atom. The summed E-state index contributed by atoms with van der Waals surface area (Å²) in [5.74, 6) is -0.823. The van der Waals surface area contributed by atoms with Gasteiger partial charge in [0.15, 0.2) is 0 Å². The average molecular weight is 176 g/mol. The molecule has 0 saturated carbocycles. The highest BCUT2D eigenvalue weighted by Crippen LogP contribution is 2.23. The van der Waals surface area contributed by atoms with E-state index in [4.69, 9.17) is 0 Å². The Balaban J connectivity index is 4.44. The number of hydrogen-bond donors (Lipinski definition) is 0. The zero-order valence-electron chi connectivity index (χ0n) is 5.27. The molecule has 0 rings (SSSR count). The third-order valence-electron chi connectivity index (χ3n) is 0.825. The standard InChI is InChI=1S/C4H7F3O2S/c1-2-3-10(8,9)4(5,6)7/h2-3H2,1H3. The van der Waals surface area contributed by atoms with E-state index in [1.807, 2.05) is 0 Å². The van der Waals surface area contributed by atoms with E-state index in [1.54, 1.807) is 0 Å². The first-order valence-electron chi connectivity index (χ1n) is 2.60. The van der Waals surface area contributed by atoms with Crippen LogP contribution in [0.5, 0.6) is 0 Å². The molecule has 0 N–H and O–H groups in total. The second-order valence-corrected chi connectivity index (χ2v) is 3.87. The van der Waals surface area contributed by atoms with Crippen LogP contribution in [0, 0.1) is 0 Å². The predicted octanol–water partition coefficient (Wildman–Crippen LogP) is 1.33. The summed E-state index contributed by atoms with van der Waals surface area (Å²) < 4.78 is 54.6. The predicted molar refractivity (Wildman–Crippen MR) is 30.1 cm³/mol. The summed E-state index contributed by atoms with van der Waals surface area (Å²) in [5, 5.41) is 0. The number of alkyl halides is 3. The van der Waals surface area contributed by atoms with Gasteiger partial charge >= 0.3 is 5.51 Å².